The maximum absolute atomic E-state index is 13.4. The van der Waals surface area contributed by atoms with Gasteiger partial charge in [-0.15, -0.1) is 11.3 Å². The molecule has 3 heterocycles. The summed E-state index contributed by atoms with van der Waals surface area (Å²) in [6.45, 7) is 4.44. The van der Waals surface area contributed by atoms with E-state index in [1.54, 1.807) is 19.1 Å². The van der Waals surface area contributed by atoms with Crippen LogP contribution in [-0.2, 0) is 6.42 Å². The molecule has 0 atom stereocenters. The van der Waals surface area contributed by atoms with Crippen molar-refractivity contribution >= 4 is 22.9 Å². The highest BCUT2D eigenvalue weighted by atomic mass is 32.1. The molecule has 0 unspecified atom stereocenters. The van der Waals surface area contributed by atoms with Crippen molar-refractivity contribution in [2.24, 2.45) is 0 Å². The minimum absolute atomic E-state index is 0.0421. The second-order valence-corrected chi connectivity index (χ2v) is 9.46. The van der Waals surface area contributed by atoms with Crippen molar-refractivity contribution in [2.75, 3.05) is 51.9 Å². The number of benzene rings is 2. The predicted octanol–water partition coefficient (Wildman–Crippen LogP) is 4.50. The molecule has 2 aromatic carbocycles. The predicted molar refractivity (Wildman–Crippen MR) is 134 cm³/mol. The second-order valence-electron chi connectivity index (χ2n) is 8.46. The third-order valence-electron chi connectivity index (χ3n) is 6.36. The van der Waals surface area contributed by atoms with Gasteiger partial charge < -0.3 is 19.1 Å². The van der Waals surface area contributed by atoms with Gasteiger partial charge in [0.1, 0.15) is 33.7 Å². The number of ether oxygens (including phenoxy) is 3. The van der Waals surface area contributed by atoms with Crippen molar-refractivity contribution in [3.63, 3.8) is 0 Å². The zero-order valence-electron chi connectivity index (χ0n) is 19.6. The molecule has 0 radical (unpaired) electrons. The number of carbonyl (C=O) groups excluding carboxylic acids is 1. The fraction of sp³-hybridized carbons (Fsp3) is 0.385. The smallest absolute Gasteiger partial charge is 0.270 e. The summed E-state index contributed by atoms with van der Waals surface area (Å²) < 4.78 is 16.8. The highest BCUT2D eigenvalue weighted by molar-refractivity contribution is 7.17. The lowest BCUT2D eigenvalue weighted by Crippen LogP contribution is -2.37. The summed E-state index contributed by atoms with van der Waals surface area (Å²) >= 11 is 1.43. The van der Waals surface area contributed by atoms with Crippen LogP contribution in [0, 0.1) is 0 Å². The molecule has 0 saturated carbocycles. The lowest BCUT2D eigenvalue weighted by atomic mass is 10.1. The number of thiazole rings is 1. The van der Waals surface area contributed by atoms with Crippen LogP contribution in [-0.4, -0.2) is 62.8 Å². The SMILES string of the molecule is COc1ccc(-c2nc3c(s2)C(=O)N(c2ccc(OCCN4CCCC4)cc2OC)CC3)cc1. The van der Waals surface area contributed by atoms with Crippen LogP contribution in [0.1, 0.15) is 28.2 Å². The Bertz CT molecular complexity index is 1160. The Hall–Kier alpha value is -3.10. The van der Waals surface area contributed by atoms with E-state index in [4.69, 9.17) is 19.2 Å². The minimum Gasteiger partial charge on any atom is -0.497 e. The molecule has 1 amide bonds. The number of carbonyl (C=O) groups is 1. The maximum atomic E-state index is 13.4. The van der Waals surface area contributed by atoms with Gasteiger partial charge in [-0.25, -0.2) is 4.98 Å². The minimum atomic E-state index is -0.0421. The van der Waals surface area contributed by atoms with Crippen LogP contribution in [0.15, 0.2) is 42.5 Å². The van der Waals surface area contributed by atoms with Crippen LogP contribution in [0.2, 0.25) is 0 Å². The van der Waals surface area contributed by atoms with Crippen molar-refractivity contribution in [3.05, 3.63) is 53.0 Å². The molecule has 7 nitrogen and oxygen atoms in total. The van der Waals surface area contributed by atoms with E-state index in [-0.39, 0.29) is 5.91 Å². The Morgan fingerprint density at radius 1 is 0.971 bits per heavy atom. The van der Waals surface area contributed by atoms with Crippen LogP contribution in [0.25, 0.3) is 10.6 Å². The number of likely N-dealkylation sites (tertiary alicyclic amines) is 1. The lowest BCUT2D eigenvalue weighted by molar-refractivity contribution is 0.0983. The van der Waals surface area contributed by atoms with Crippen molar-refractivity contribution < 1.29 is 19.0 Å². The molecule has 34 heavy (non-hydrogen) atoms. The summed E-state index contributed by atoms with van der Waals surface area (Å²) in [4.78, 5) is 23.1. The van der Waals surface area contributed by atoms with E-state index in [1.165, 1.54) is 24.2 Å². The zero-order valence-corrected chi connectivity index (χ0v) is 20.4. The summed E-state index contributed by atoms with van der Waals surface area (Å²) in [5.74, 6) is 2.14. The van der Waals surface area contributed by atoms with Crippen molar-refractivity contribution in [3.8, 4) is 27.8 Å². The Morgan fingerprint density at radius 3 is 2.47 bits per heavy atom. The first-order valence-corrected chi connectivity index (χ1v) is 12.5. The highest BCUT2D eigenvalue weighted by Gasteiger charge is 2.31. The number of nitrogens with zero attached hydrogens (tertiary/aromatic N) is 3. The summed E-state index contributed by atoms with van der Waals surface area (Å²) in [7, 11) is 3.27. The van der Waals surface area contributed by atoms with Crippen LogP contribution < -0.4 is 19.1 Å². The quantitative estimate of drug-likeness (QED) is 0.474. The Kier molecular flexibility index (Phi) is 6.69. The van der Waals surface area contributed by atoms with Gasteiger partial charge in [-0.2, -0.15) is 0 Å². The van der Waals surface area contributed by atoms with E-state index in [0.29, 0.717) is 30.2 Å². The van der Waals surface area contributed by atoms with Crippen LogP contribution >= 0.6 is 11.3 Å². The van der Waals surface area contributed by atoms with E-state index in [2.05, 4.69) is 4.90 Å². The number of aromatic nitrogens is 1. The number of fused-ring (bicyclic) bond motifs is 1. The van der Waals surface area contributed by atoms with Gasteiger partial charge in [-0.05, 0) is 62.3 Å². The number of hydrogen-bond donors (Lipinski definition) is 0. The van der Waals surface area contributed by atoms with Gasteiger partial charge in [0, 0.05) is 31.1 Å². The average Bonchev–Trinajstić information content (AvgIpc) is 3.55. The number of hydrogen-bond acceptors (Lipinski definition) is 7. The van der Waals surface area contributed by atoms with E-state index in [0.717, 1.165) is 53.1 Å². The topological polar surface area (TPSA) is 64.1 Å². The zero-order chi connectivity index (χ0) is 23.5. The van der Waals surface area contributed by atoms with Crippen LogP contribution in [0.5, 0.6) is 17.2 Å². The number of anilines is 1. The van der Waals surface area contributed by atoms with Gasteiger partial charge in [0.2, 0.25) is 0 Å². The molecule has 0 aliphatic carbocycles. The molecule has 5 rings (SSSR count). The largest absolute Gasteiger partial charge is 0.497 e. The third-order valence-corrected chi connectivity index (χ3v) is 7.50. The summed E-state index contributed by atoms with van der Waals surface area (Å²) in [6, 6.07) is 13.5. The van der Waals surface area contributed by atoms with Crippen molar-refractivity contribution in [1.29, 1.82) is 0 Å². The van der Waals surface area contributed by atoms with Crippen LogP contribution in [0.4, 0.5) is 5.69 Å². The van der Waals surface area contributed by atoms with E-state index >= 15 is 0 Å². The molecule has 0 N–H and O–H groups in total. The fourth-order valence-corrected chi connectivity index (χ4v) is 5.55. The molecule has 178 valence electrons. The summed E-state index contributed by atoms with van der Waals surface area (Å²) in [6.07, 6.45) is 3.25. The Morgan fingerprint density at radius 2 is 1.74 bits per heavy atom. The first kappa shape index (κ1) is 22.7. The van der Waals surface area contributed by atoms with Crippen LogP contribution in [0.3, 0.4) is 0 Å². The molecule has 1 aromatic heterocycles. The molecule has 8 heteroatoms. The molecule has 0 spiro atoms. The van der Waals surface area contributed by atoms with Gasteiger partial charge in [-0.3, -0.25) is 9.69 Å². The monoisotopic (exact) mass is 479 g/mol. The number of methoxy groups -OCH3 is 2. The molecule has 0 bridgehead atoms. The molecule has 3 aromatic rings. The Labute approximate surface area is 203 Å². The van der Waals surface area contributed by atoms with Gasteiger partial charge in [0.25, 0.3) is 5.91 Å². The van der Waals surface area contributed by atoms with E-state index in [9.17, 15) is 4.79 Å². The fourth-order valence-electron chi connectivity index (χ4n) is 4.49. The Balaban J connectivity index is 1.31. The standard InChI is InChI=1S/C26H29N3O4S/c1-31-19-7-5-18(6-8-19)25-27-21-11-14-29(26(30)24(21)34-25)22-10-9-20(17-23(22)32-2)33-16-15-28-12-3-4-13-28/h5-10,17H,3-4,11-16H2,1-2H3. The number of rotatable bonds is 8. The first-order valence-electron chi connectivity index (χ1n) is 11.7. The average molecular weight is 480 g/mol. The maximum Gasteiger partial charge on any atom is 0.270 e. The molecular formula is C26H29N3O4S. The van der Waals surface area contributed by atoms with E-state index in [1.807, 2.05) is 42.5 Å². The van der Waals surface area contributed by atoms with Gasteiger partial charge >= 0.3 is 0 Å². The number of amides is 1. The first-order chi connectivity index (χ1) is 16.7. The summed E-state index contributed by atoms with van der Waals surface area (Å²) in [5, 5.41) is 0.844. The highest BCUT2D eigenvalue weighted by Crippen LogP contribution is 2.38. The molecule has 1 saturated heterocycles. The van der Waals surface area contributed by atoms with Gasteiger partial charge in [0.15, 0.2) is 0 Å². The molecule has 2 aliphatic heterocycles. The second kappa shape index (κ2) is 10.0. The normalized spacial score (nSPS) is 15.9. The van der Waals surface area contributed by atoms with Crippen molar-refractivity contribution in [2.45, 2.75) is 19.3 Å². The molecule has 1 fully saturated rings. The van der Waals surface area contributed by atoms with E-state index < -0.39 is 0 Å². The van der Waals surface area contributed by atoms with Gasteiger partial charge in [-0.1, -0.05) is 0 Å². The van der Waals surface area contributed by atoms with Crippen molar-refractivity contribution in [1.82, 2.24) is 9.88 Å². The van der Waals surface area contributed by atoms with Gasteiger partial charge in [0.05, 0.1) is 25.6 Å². The summed E-state index contributed by atoms with van der Waals surface area (Å²) in [5.41, 5.74) is 2.59. The third kappa shape index (κ3) is 4.60. The lowest BCUT2D eigenvalue weighted by Gasteiger charge is -2.27. The molecule has 2 aliphatic rings. The molecular weight excluding hydrogens is 450 g/mol.